The van der Waals surface area contributed by atoms with Gasteiger partial charge in [-0.3, -0.25) is 9.59 Å². The summed E-state index contributed by atoms with van der Waals surface area (Å²) in [4.78, 5) is 24.4. The van der Waals surface area contributed by atoms with E-state index in [-0.39, 0.29) is 22.2 Å². The highest BCUT2D eigenvalue weighted by Crippen LogP contribution is 2.23. The Balaban J connectivity index is 1.27. The number of furan rings is 1. The minimum absolute atomic E-state index is 0.144. The SMILES string of the molecule is O=C(CSc1ccc(/C=N/NC(=O)c2ccc(Cl)cc2Cl)o1)Nc1ccc2ccccc2c1. The van der Waals surface area contributed by atoms with E-state index in [1.807, 2.05) is 42.5 Å². The largest absolute Gasteiger partial charge is 0.449 e. The van der Waals surface area contributed by atoms with Crippen LogP contribution in [0.4, 0.5) is 5.69 Å². The van der Waals surface area contributed by atoms with Crippen LogP contribution in [0.3, 0.4) is 0 Å². The maximum absolute atomic E-state index is 12.3. The summed E-state index contributed by atoms with van der Waals surface area (Å²) in [7, 11) is 0. The normalized spacial score (nSPS) is 11.1. The van der Waals surface area contributed by atoms with Gasteiger partial charge in [0, 0.05) is 10.7 Å². The van der Waals surface area contributed by atoms with Gasteiger partial charge in [-0.2, -0.15) is 5.10 Å². The minimum Gasteiger partial charge on any atom is -0.449 e. The van der Waals surface area contributed by atoms with Crippen LogP contribution in [0.2, 0.25) is 10.0 Å². The molecule has 4 rings (SSSR count). The number of hydrogen-bond donors (Lipinski definition) is 2. The molecule has 0 bridgehead atoms. The van der Waals surface area contributed by atoms with Gasteiger partial charge in [-0.05, 0) is 53.2 Å². The lowest BCUT2D eigenvalue weighted by atomic mass is 10.1. The fourth-order valence-electron chi connectivity index (χ4n) is 2.97. The van der Waals surface area contributed by atoms with E-state index < -0.39 is 5.91 Å². The van der Waals surface area contributed by atoms with Gasteiger partial charge in [0.1, 0.15) is 5.76 Å². The van der Waals surface area contributed by atoms with Crippen molar-refractivity contribution < 1.29 is 14.0 Å². The van der Waals surface area contributed by atoms with Crippen LogP contribution >= 0.6 is 35.0 Å². The molecule has 33 heavy (non-hydrogen) atoms. The van der Waals surface area contributed by atoms with E-state index in [2.05, 4.69) is 15.8 Å². The quantitative estimate of drug-likeness (QED) is 0.180. The number of fused-ring (bicyclic) bond motifs is 1. The molecule has 0 aliphatic rings. The number of benzene rings is 3. The van der Waals surface area contributed by atoms with Crippen LogP contribution in [0.25, 0.3) is 10.8 Å². The third kappa shape index (κ3) is 6.16. The summed E-state index contributed by atoms with van der Waals surface area (Å²) >= 11 is 13.1. The number of anilines is 1. The Bertz CT molecular complexity index is 1350. The highest BCUT2D eigenvalue weighted by molar-refractivity contribution is 7.99. The lowest BCUT2D eigenvalue weighted by Crippen LogP contribution is -2.17. The smallest absolute Gasteiger partial charge is 0.272 e. The van der Waals surface area contributed by atoms with Crippen LogP contribution in [0.1, 0.15) is 16.1 Å². The van der Waals surface area contributed by atoms with Crippen molar-refractivity contribution in [2.75, 3.05) is 11.1 Å². The Morgan fingerprint density at radius 2 is 1.79 bits per heavy atom. The van der Waals surface area contributed by atoms with Crippen LogP contribution < -0.4 is 10.7 Å². The first-order chi connectivity index (χ1) is 16.0. The lowest BCUT2D eigenvalue weighted by molar-refractivity contribution is -0.113. The molecule has 0 aliphatic heterocycles. The van der Waals surface area contributed by atoms with E-state index >= 15 is 0 Å². The van der Waals surface area contributed by atoms with Crippen molar-refractivity contribution in [3.8, 4) is 0 Å². The van der Waals surface area contributed by atoms with Gasteiger partial charge in [-0.25, -0.2) is 5.43 Å². The fraction of sp³-hybridized carbons (Fsp3) is 0.0417. The molecule has 0 spiro atoms. The topological polar surface area (TPSA) is 83.7 Å². The zero-order chi connectivity index (χ0) is 23.2. The van der Waals surface area contributed by atoms with Gasteiger partial charge in [-0.15, -0.1) is 0 Å². The van der Waals surface area contributed by atoms with Crippen LogP contribution in [0.15, 0.2) is 87.4 Å². The van der Waals surface area contributed by atoms with Gasteiger partial charge < -0.3 is 9.73 Å². The standard InChI is InChI=1S/C24H17Cl2N3O3S/c25-17-6-9-20(21(26)12-17)24(31)29-27-13-19-8-10-23(32-19)33-14-22(30)28-18-7-5-15-3-1-2-4-16(15)11-18/h1-13H,14H2,(H,28,30)(H,29,31)/b27-13+. The number of hydrazone groups is 1. The molecular formula is C24H17Cl2N3O3S. The molecule has 0 aliphatic carbocycles. The Labute approximate surface area is 203 Å². The van der Waals surface area contributed by atoms with Gasteiger partial charge in [0.05, 0.1) is 22.6 Å². The van der Waals surface area contributed by atoms with E-state index in [1.165, 1.54) is 30.1 Å². The molecule has 0 saturated heterocycles. The first kappa shape index (κ1) is 22.9. The number of thioether (sulfide) groups is 1. The maximum atomic E-state index is 12.3. The molecule has 4 aromatic rings. The Morgan fingerprint density at radius 1 is 0.970 bits per heavy atom. The average molecular weight is 498 g/mol. The highest BCUT2D eigenvalue weighted by Gasteiger charge is 2.10. The molecule has 2 N–H and O–H groups in total. The number of nitrogens with zero attached hydrogens (tertiary/aromatic N) is 1. The van der Waals surface area contributed by atoms with Crippen LogP contribution in [-0.4, -0.2) is 23.8 Å². The number of amides is 2. The summed E-state index contributed by atoms with van der Waals surface area (Å²) in [5, 5.41) is 10.2. The molecule has 1 aromatic heterocycles. The Morgan fingerprint density at radius 3 is 2.61 bits per heavy atom. The number of hydrogen-bond acceptors (Lipinski definition) is 5. The Kier molecular flexibility index (Phi) is 7.34. The van der Waals surface area contributed by atoms with Gasteiger partial charge in [0.2, 0.25) is 5.91 Å². The third-order valence-corrected chi connectivity index (χ3v) is 5.97. The molecule has 1 heterocycles. The maximum Gasteiger partial charge on any atom is 0.272 e. The molecule has 9 heteroatoms. The van der Waals surface area contributed by atoms with Crippen LogP contribution in [-0.2, 0) is 4.79 Å². The number of rotatable bonds is 7. The van der Waals surface area contributed by atoms with Crippen molar-refractivity contribution in [2.24, 2.45) is 5.10 Å². The summed E-state index contributed by atoms with van der Waals surface area (Å²) in [6.07, 6.45) is 1.36. The van der Waals surface area contributed by atoms with E-state index in [0.29, 0.717) is 15.9 Å². The lowest BCUT2D eigenvalue weighted by Gasteiger charge is -2.06. The third-order valence-electron chi connectivity index (χ3n) is 4.51. The number of carbonyl (C=O) groups excluding carboxylic acids is 2. The van der Waals surface area contributed by atoms with Gasteiger partial charge in [0.25, 0.3) is 5.91 Å². The van der Waals surface area contributed by atoms with Crippen molar-refractivity contribution in [3.63, 3.8) is 0 Å². The Hall–Kier alpha value is -3.26. The predicted molar refractivity (Wildman–Crippen MR) is 134 cm³/mol. The molecule has 0 atom stereocenters. The molecule has 0 radical (unpaired) electrons. The van der Waals surface area contributed by atoms with E-state index in [9.17, 15) is 9.59 Å². The fourth-order valence-corrected chi connectivity index (χ4v) is 4.13. The molecular weight excluding hydrogens is 481 g/mol. The summed E-state index contributed by atoms with van der Waals surface area (Å²) in [6, 6.07) is 21.7. The summed E-state index contributed by atoms with van der Waals surface area (Å²) in [5.41, 5.74) is 3.37. The van der Waals surface area contributed by atoms with E-state index in [4.69, 9.17) is 27.6 Å². The number of carbonyl (C=O) groups is 2. The van der Waals surface area contributed by atoms with Gasteiger partial charge >= 0.3 is 0 Å². The zero-order valence-corrected chi connectivity index (χ0v) is 19.4. The second-order valence-corrected chi connectivity index (χ2v) is 8.70. The first-order valence-corrected chi connectivity index (χ1v) is 11.5. The summed E-state index contributed by atoms with van der Waals surface area (Å²) in [5.74, 6) is -0.00806. The van der Waals surface area contributed by atoms with Crippen LogP contribution in [0.5, 0.6) is 0 Å². The predicted octanol–water partition coefficient (Wildman–Crippen LogP) is 6.23. The van der Waals surface area contributed by atoms with E-state index in [1.54, 1.807) is 18.2 Å². The van der Waals surface area contributed by atoms with Crippen molar-refractivity contribution >= 4 is 69.5 Å². The van der Waals surface area contributed by atoms with Gasteiger partial charge in [-0.1, -0.05) is 65.3 Å². The van der Waals surface area contributed by atoms with Crippen molar-refractivity contribution in [3.05, 3.63) is 94.2 Å². The highest BCUT2D eigenvalue weighted by atomic mass is 35.5. The number of halogens is 2. The molecule has 3 aromatic carbocycles. The molecule has 6 nitrogen and oxygen atoms in total. The molecule has 2 amide bonds. The van der Waals surface area contributed by atoms with Crippen molar-refractivity contribution in [1.29, 1.82) is 0 Å². The molecule has 166 valence electrons. The molecule has 0 saturated carbocycles. The van der Waals surface area contributed by atoms with Crippen molar-refractivity contribution in [2.45, 2.75) is 5.09 Å². The average Bonchev–Trinajstić information content (AvgIpc) is 3.25. The zero-order valence-electron chi connectivity index (χ0n) is 17.0. The summed E-state index contributed by atoms with van der Waals surface area (Å²) < 4.78 is 5.61. The second kappa shape index (κ2) is 10.6. The van der Waals surface area contributed by atoms with E-state index in [0.717, 1.165) is 16.5 Å². The summed E-state index contributed by atoms with van der Waals surface area (Å²) in [6.45, 7) is 0. The number of nitrogens with one attached hydrogen (secondary N) is 2. The first-order valence-electron chi connectivity index (χ1n) is 9.78. The monoisotopic (exact) mass is 497 g/mol. The molecule has 0 unspecified atom stereocenters. The second-order valence-electron chi connectivity index (χ2n) is 6.88. The molecule has 0 fully saturated rings. The van der Waals surface area contributed by atoms with Crippen molar-refractivity contribution in [1.82, 2.24) is 5.43 Å². The van der Waals surface area contributed by atoms with Gasteiger partial charge in [0.15, 0.2) is 5.09 Å². The minimum atomic E-state index is -0.473. The van der Waals surface area contributed by atoms with Crippen LogP contribution in [0, 0.1) is 0 Å².